The molecule has 0 saturated heterocycles. The fourth-order valence-electron chi connectivity index (χ4n) is 2.61. The molecule has 3 unspecified atom stereocenters. The van der Waals surface area contributed by atoms with Crippen molar-refractivity contribution in [3.05, 3.63) is 29.8 Å². The van der Waals surface area contributed by atoms with Crippen molar-refractivity contribution in [2.45, 2.75) is 51.5 Å². The first-order chi connectivity index (χ1) is 10.3. The molecule has 0 bridgehead atoms. The van der Waals surface area contributed by atoms with Crippen LogP contribution in [0.1, 0.15) is 32.3 Å². The lowest BCUT2D eigenvalue weighted by atomic mass is 9.85. The highest BCUT2D eigenvalue weighted by atomic mass is 16.5. The minimum Gasteiger partial charge on any atom is -0.497 e. The number of methoxy groups -OCH3 is 1. The molecule has 2 rings (SSSR count). The van der Waals surface area contributed by atoms with E-state index in [1.807, 2.05) is 24.3 Å². The molecule has 1 fully saturated rings. The highest BCUT2D eigenvalue weighted by molar-refractivity contribution is 5.26. The Labute approximate surface area is 127 Å². The topological polar surface area (TPSA) is 39.7 Å². The molecule has 0 spiro atoms. The van der Waals surface area contributed by atoms with Crippen LogP contribution in [0.3, 0.4) is 0 Å². The predicted molar refractivity (Wildman–Crippen MR) is 83.7 cm³/mol. The van der Waals surface area contributed by atoms with Crippen molar-refractivity contribution in [1.29, 1.82) is 0 Å². The molecule has 21 heavy (non-hydrogen) atoms. The van der Waals surface area contributed by atoms with Gasteiger partial charge in [0.05, 0.1) is 25.9 Å². The van der Waals surface area contributed by atoms with E-state index in [-0.39, 0.29) is 12.2 Å². The molecule has 118 valence electrons. The highest BCUT2D eigenvalue weighted by Gasteiger charge is 2.42. The van der Waals surface area contributed by atoms with Gasteiger partial charge in [-0.15, -0.1) is 0 Å². The maximum atomic E-state index is 6.02. The molecule has 0 radical (unpaired) electrons. The summed E-state index contributed by atoms with van der Waals surface area (Å²) in [7, 11) is 1.68. The normalized spacial score (nSPS) is 24.6. The van der Waals surface area contributed by atoms with Crippen LogP contribution in [0.2, 0.25) is 0 Å². The van der Waals surface area contributed by atoms with Crippen molar-refractivity contribution < 1.29 is 14.2 Å². The van der Waals surface area contributed by atoms with Crippen molar-refractivity contribution >= 4 is 0 Å². The second kappa shape index (κ2) is 8.37. The van der Waals surface area contributed by atoms with Crippen molar-refractivity contribution in [1.82, 2.24) is 5.32 Å². The van der Waals surface area contributed by atoms with Crippen LogP contribution >= 0.6 is 0 Å². The molecule has 4 nitrogen and oxygen atoms in total. The molecule has 1 aromatic carbocycles. The Morgan fingerprint density at radius 3 is 2.52 bits per heavy atom. The second-order valence-electron chi connectivity index (χ2n) is 5.43. The van der Waals surface area contributed by atoms with Gasteiger partial charge in [-0.2, -0.15) is 0 Å². The van der Waals surface area contributed by atoms with E-state index in [4.69, 9.17) is 14.2 Å². The Bertz CT molecular complexity index is 407. The van der Waals surface area contributed by atoms with E-state index in [0.29, 0.717) is 12.6 Å². The minimum absolute atomic E-state index is 0.183. The second-order valence-corrected chi connectivity index (χ2v) is 5.43. The SMILES string of the molecule is CCCOC1C(NCC)CC1OCc1ccc(OC)cc1. The number of likely N-dealkylation sites (N-methyl/N-ethyl adjacent to an activating group) is 1. The van der Waals surface area contributed by atoms with Gasteiger partial charge >= 0.3 is 0 Å². The quantitative estimate of drug-likeness (QED) is 0.760. The number of hydrogen-bond donors (Lipinski definition) is 1. The average Bonchev–Trinajstić information content (AvgIpc) is 2.51. The molecule has 0 aromatic heterocycles. The van der Waals surface area contributed by atoms with E-state index in [1.54, 1.807) is 7.11 Å². The van der Waals surface area contributed by atoms with Gasteiger partial charge in [0.15, 0.2) is 0 Å². The first-order valence-corrected chi connectivity index (χ1v) is 7.88. The summed E-state index contributed by atoms with van der Waals surface area (Å²) in [5.41, 5.74) is 1.16. The third-order valence-corrected chi connectivity index (χ3v) is 3.85. The van der Waals surface area contributed by atoms with Crippen molar-refractivity contribution in [3.8, 4) is 5.75 Å². The van der Waals surface area contributed by atoms with Crippen LogP contribution in [-0.2, 0) is 16.1 Å². The van der Waals surface area contributed by atoms with Crippen LogP contribution < -0.4 is 10.1 Å². The van der Waals surface area contributed by atoms with Crippen LogP contribution in [0.15, 0.2) is 24.3 Å². The molecule has 1 aromatic rings. The summed E-state index contributed by atoms with van der Waals surface area (Å²) in [6, 6.07) is 8.45. The van der Waals surface area contributed by atoms with E-state index >= 15 is 0 Å². The summed E-state index contributed by atoms with van der Waals surface area (Å²) in [5, 5.41) is 3.46. The minimum atomic E-state index is 0.183. The van der Waals surface area contributed by atoms with Gasteiger partial charge in [-0.3, -0.25) is 0 Å². The summed E-state index contributed by atoms with van der Waals surface area (Å²) >= 11 is 0. The Balaban J connectivity index is 1.80. The molecule has 3 atom stereocenters. The van der Waals surface area contributed by atoms with Gasteiger partial charge in [0, 0.05) is 12.6 Å². The average molecular weight is 293 g/mol. The van der Waals surface area contributed by atoms with Gasteiger partial charge < -0.3 is 19.5 Å². The summed E-state index contributed by atoms with van der Waals surface area (Å²) in [5.74, 6) is 0.874. The molecule has 0 amide bonds. The number of rotatable bonds is 9. The van der Waals surface area contributed by atoms with E-state index in [1.165, 1.54) is 0 Å². The van der Waals surface area contributed by atoms with Crippen molar-refractivity contribution in [3.63, 3.8) is 0 Å². The Morgan fingerprint density at radius 1 is 1.14 bits per heavy atom. The summed E-state index contributed by atoms with van der Waals surface area (Å²) in [6.45, 7) is 6.66. The van der Waals surface area contributed by atoms with Crippen LogP contribution in [-0.4, -0.2) is 38.5 Å². The predicted octanol–water partition coefficient (Wildman–Crippen LogP) is 2.76. The molecular formula is C17H27NO3. The maximum Gasteiger partial charge on any atom is 0.118 e. The highest BCUT2D eigenvalue weighted by Crippen LogP contribution is 2.28. The Hall–Kier alpha value is -1.10. The van der Waals surface area contributed by atoms with Crippen LogP contribution in [0.4, 0.5) is 0 Å². The number of hydrogen-bond acceptors (Lipinski definition) is 4. The third kappa shape index (κ3) is 4.43. The lowest BCUT2D eigenvalue weighted by Crippen LogP contribution is -2.60. The monoisotopic (exact) mass is 293 g/mol. The van der Waals surface area contributed by atoms with Gasteiger partial charge in [-0.05, 0) is 37.1 Å². The van der Waals surface area contributed by atoms with Crippen LogP contribution in [0.25, 0.3) is 0 Å². The smallest absolute Gasteiger partial charge is 0.118 e. The zero-order valence-electron chi connectivity index (χ0n) is 13.3. The number of benzene rings is 1. The van der Waals surface area contributed by atoms with Crippen molar-refractivity contribution in [2.75, 3.05) is 20.3 Å². The maximum absolute atomic E-state index is 6.02. The summed E-state index contributed by atoms with van der Waals surface area (Å²) in [6.07, 6.45) is 2.45. The largest absolute Gasteiger partial charge is 0.497 e. The molecule has 1 aliphatic carbocycles. The van der Waals surface area contributed by atoms with Crippen LogP contribution in [0.5, 0.6) is 5.75 Å². The van der Waals surface area contributed by atoms with E-state index < -0.39 is 0 Å². The molecule has 1 N–H and O–H groups in total. The van der Waals surface area contributed by atoms with Crippen molar-refractivity contribution in [2.24, 2.45) is 0 Å². The summed E-state index contributed by atoms with van der Waals surface area (Å²) < 4.78 is 17.1. The van der Waals surface area contributed by atoms with E-state index in [9.17, 15) is 0 Å². The van der Waals surface area contributed by atoms with Gasteiger partial charge in [-0.1, -0.05) is 26.0 Å². The van der Waals surface area contributed by atoms with Gasteiger partial charge in [0.2, 0.25) is 0 Å². The zero-order valence-corrected chi connectivity index (χ0v) is 13.3. The fraction of sp³-hybridized carbons (Fsp3) is 0.647. The third-order valence-electron chi connectivity index (χ3n) is 3.85. The molecule has 0 aliphatic heterocycles. The molecule has 1 saturated carbocycles. The molecule has 1 aliphatic rings. The van der Waals surface area contributed by atoms with Crippen LogP contribution in [0, 0.1) is 0 Å². The Kier molecular flexibility index (Phi) is 6.49. The number of ether oxygens (including phenoxy) is 3. The zero-order chi connectivity index (χ0) is 15.1. The number of nitrogens with one attached hydrogen (secondary N) is 1. The Morgan fingerprint density at radius 2 is 1.90 bits per heavy atom. The van der Waals surface area contributed by atoms with Gasteiger partial charge in [-0.25, -0.2) is 0 Å². The fourth-order valence-corrected chi connectivity index (χ4v) is 2.61. The lowest BCUT2D eigenvalue weighted by molar-refractivity contribution is -0.151. The first kappa shape index (κ1) is 16.3. The van der Waals surface area contributed by atoms with Gasteiger partial charge in [0.1, 0.15) is 5.75 Å². The lowest BCUT2D eigenvalue weighted by Gasteiger charge is -2.44. The first-order valence-electron chi connectivity index (χ1n) is 7.88. The van der Waals surface area contributed by atoms with E-state index in [2.05, 4.69) is 19.2 Å². The molecular weight excluding hydrogens is 266 g/mol. The summed E-state index contributed by atoms with van der Waals surface area (Å²) in [4.78, 5) is 0. The standard InChI is InChI=1S/C17H27NO3/c1-4-10-20-17-15(18-5-2)11-16(17)21-12-13-6-8-14(19-3)9-7-13/h6-9,15-18H,4-5,10-12H2,1-3H3. The molecule has 4 heteroatoms. The molecule has 0 heterocycles. The van der Waals surface area contributed by atoms with Gasteiger partial charge in [0.25, 0.3) is 0 Å². The van der Waals surface area contributed by atoms with E-state index in [0.717, 1.165) is 37.3 Å².